The zero-order valence-electron chi connectivity index (χ0n) is 10.3. The topological polar surface area (TPSA) is 41.3 Å². The molecule has 2 aromatic rings. The van der Waals surface area contributed by atoms with Gasteiger partial charge < -0.3 is 14.6 Å². The van der Waals surface area contributed by atoms with Gasteiger partial charge in [0, 0.05) is 31.3 Å². The van der Waals surface area contributed by atoms with Crippen molar-refractivity contribution in [2.24, 2.45) is 5.92 Å². The SMILES string of the molecule is c1cc2ncc(N3CC[C@@H]4CN[C@@H]4CC3)cc2o1. The summed E-state index contributed by atoms with van der Waals surface area (Å²) in [5.74, 6) is 0.885. The summed E-state index contributed by atoms with van der Waals surface area (Å²) in [6.07, 6.45) is 6.20. The number of nitrogens with one attached hydrogen (secondary N) is 1. The van der Waals surface area contributed by atoms with Gasteiger partial charge in [0.1, 0.15) is 5.52 Å². The molecule has 0 unspecified atom stereocenters. The number of hydrogen-bond donors (Lipinski definition) is 1. The minimum Gasteiger partial charge on any atom is -0.463 e. The number of aromatic nitrogens is 1. The highest BCUT2D eigenvalue weighted by atomic mass is 16.3. The summed E-state index contributed by atoms with van der Waals surface area (Å²) >= 11 is 0. The Morgan fingerprint density at radius 1 is 1.33 bits per heavy atom. The van der Waals surface area contributed by atoms with Gasteiger partial charge in [-0.3, -0.25) is 4.98 Å². The summed E-state index contributed by atoms with van der Waals surface area (Å²) in [6.45, 7) is 3.45. The van der Waals surface area contributed by atoms with Crippen LogP contribution in [0.1, 0.15) is 12.8 Å². The lowest BCUT2D eigenvalue weighted by molar-refractivity contribution is 0.226. The number of pyridine rings is 1. The molecule has 2 atom stereocenters. The van der Waals surface area contributed by atoms with Crippen molar-refractivity contribution in [3.8, 4) is 0 Å². The molecule has 0 saturated carbocycles. The Hall–Kier alpha value is -1.55. The molecule has 4 heterocycles. The zero-order chi connectivity index (χ0) is 11.9. The fourth-order valence-corrected chi connectivity index (χ4v) is 3.09. The highest BCUT2D eigenvalue weighted by molar-refractivity contribution is 5.76. The number of nitrogens with zero attached hydrogens (tertiary/aromatic N) is 2. The molecule has 0 bridgehead atoms. The van der Waals surface area contributed by atoms with Gasteiger partial charge in [0.05, 0.1) is 18.1 Å². The lowest BCUT2D eigenvalue weighted by atomic mass is 9.88. The molecule has 0 aliphatic carbocycles. The van der Waals surface area contributed by atoms with Gasteiger partial charge in [-0.2, -0.15) is 0 Å². The predicted octanol–water partition coefficient (Wildman–Crippen LogP) is 2.02. The maximum atomic E-state index is 5.43. The van der Waals surface area contributed by atoms with Crippen LogP contribution in [0.2, 0.25) is 0 Å². The third-order valence-electron chi connectivity index (χ3n) is 4.34. The maximum absolute atomic E-state index is 5.43. The third kappa shape index (κ3) is 1.60. The van der Waals surface area contributed by atoms with E-state index in [1.165, 1.54) is 25.1 Å². The Morgan fingerprint density at radius 2 is 2.28 bits per heavy atom. The standard InChI is InChI=1S/C14H17N3O/c1-4-17(5-2-12-10(1)8-15-12)11-7-14-13(16-9-11)3-6-18-14/h3,6-7,9-10,12,15H,1-2,4-5,8H2/t10-,12-/m1/s1. The number of furan rings is 1. The van der Waals surface area contributed by atoms with Crippen molar-refractivity contribution in [2.45, 2.75) is 18.9 Å². The van der Waals surface area contributed by atoms with Gasteiger partial charge in [-0.25, -0.2) is 0 Å². The number of fused-ring (bicyclic) bond motifs is 2. The van der Waals surface area contributed by atoms with Gasteiger partial charge in [-0.1, -0.05) is 0 Å². The van der Waals surface area contributed by atoms with Gasteiger partial charge in [-0.15, -0.1) is 0 Å². The van der Waals surface area contributed by atoms with E-state index in [2.05, 4.69) is 21.3 Å². The van der Waals surface area contributed by atoms with E-state index in [9.17, 15) is 0 Å². The predicted molar refractivity (Wildman–Crippen MR) is 70.7 cm³/mol. The number of rotatable bonds is 1. The summed E-state index contributed by atoms with van der Waals surface area (Å²) in [5.41, 5.74) is 3.02. The largest absolute Gasteiger partial charge is 0.463 e. The molecular formula is C14H17N3O. The zero-order valence-corrected chi connectivity index (χ0v) is 10.3. The van der Waals surface area contributed by atoms with E-state index < -0.39 is 0 Å². The van der Waals surface area contributed by atoms with Gasteiger partial charge >= 0.3 is 0 Å². The fourth-order valence-electron chi connectivity index (χ4n) is 3.09. The Balaban J connectivity index is 1.61. The van der Waals surface area contributed by atoms with Crippen LogP contribution in [0.25, 0.3) is 11.1 Å². The molecule has 18 heavy (non-hydrogen) atoms. The molecule has 2 saturated heterocycles. The lowest BCUT2D eigenvalue weighted by Crippen LogP contribution is -2.52. The summed E-state index contributed by atoms with van der Waals surface area (Å²) in [6, 6.07) is 4.77. The van der Waals surface area contributed by atoms with Crippen LogP contribution in [-0.2, 0) is 0 Å². The van der Waals surface area contributed by atoms with Crippen molar-refractivity contribution in [3.05, 3.63) is 24.6 Å². The van der Waals surface area contributed by atoms with Gasteiger partial charge in [0.2, 0.25) is 0 Å². The molecule has 0 radical (unpaired) electrons. The normalized spacial score (nSPS) is 27.7. The van der Waals surface area contributed by atoms with E-state index in [0.29, 0.717) is 0 Å². The molecule has 4 rings (SSSR count). The molecule has 94 valence electrons. The van der Waals surface area contributed by atoms with Crippen molar-refractivity contribution in [1.82, 2.24) is 10.3 Å². The quantitative estimate of drug-likeness (QED) is 0.832. The monoisotopic (exact) mass is 243 g/mol. The maximum Gasteiger partial charge on any atom is 0.154 e. The highest BCUT2D eigenvalue weighted by Crippen LogP contribution is 2.28. The summed E-state index contributed by atoms with van der Waals surface area (Å²) in [4.78, 5) is 6.89. The number of anilines is 1. The first-order chi connectivity index (χ1) is 8.90. The van der Waals surface area contributed by atoms with Crippen molar-refractivity contribution >= 4 is 16.8 Å². The molecule has 0 spiro atoms. The molecule has 0 amide bonds. The minimum absolute atomic E-state index is 0.746. The Kier molecular flexibility index (Phi) is 2.30. The molecular weight excluding hydrogens is 226 g/mol. The van der Waals surface area contributed by atoms with Crippen LogP contribution < -0.4 is 10.2 Å². The molecule has 4 nitrogen and oxygen atoms in total. The molecule has 4 heteroatoms. The van der Waals surface area contributed by atoms with Gasteiger partial charge in [0.25, 0.3) is 0 Å². The lowest BCUT2D eigenvalue weighted by Gasteiger charge is -2.36. The summed E-state index contributed by atoms with van der Waals surface area (Å²) in [7, 11) is 0. The number of hydrogen-bond acceptors (Lipinski definition) is 4. The molecule has 2 fully saturated rings. The van der Waals surface area contributed by atoms with Crippen molar-refractivity contribution in [3.63, 3.8) is 0 Å². The first kappa shape index (κ1) is 10.4. The summed E-state index contributed by atoms with van der Waals surface area (Å²) in [5, 5.41) is 3.52. The van der Waals surface area contributed by atoms with E-state index in [0.717, 1.165) is 36.1 Å². The van der Waals surface area contributed by atoms with Crippen LogP contribution in [0, 0.1) is 5.92 Å². The second-order valence-corrected chi connectivity index (χ2v) is 5.34. The molecule has 2 aliphatic heterocycles. The van der Waals surface area contributed by atoms with Crippen LogP contribution in [0.15, 0.2) is 29.0 Å². The van der Waals surface area contributed by atoms with Crippen molar-refractivity contribution in [2.75, 3.05) is 24.5 Å². The van der Waals surface area contributed by atoms with E-state index in [1.54, 1.807) is 6.26 Å². The fraction of sp³-hybridized carbons (Fsp3) is 0.500. The second kappa shape index (κ2) is 3.99. The van der Waals surface area contributed by atoms with E-state index in [-0.39, 0.29) is 0 Å². The van der Waals surface area contributed by atoms with Gasteiger partial charge in [0.15, 0.2) is 5.58 Å². The highest BCUT2D eigenvalue weighted by Gasteiger charge is 2.32. The van der Waals surface area contributed by atoms with Crippen LogP contribution >= 0.6 is 0 Å². The van der Waals surface area contributed by atoms with Crippen LogP contribution in [0.4, 0.5) is 5.69 Å². The minimum atomic E-state index is 0.746. The van der Waals surface area contributed by atoms with E-state index in [1.807, 2.05) is 12.3 Å². The Labute approximate surface area is 106 Å². The average Bonchev–Trinajstić information content (AvgIpc) is 2.77. The Bertz CT molecular complexity index is 551. The first-order valence-electron chi connectivity index (χ1n) is 6.72. The van der Waals surface area contributed by atoms with E-state index in [4.69, 9.17) is 4.42 Å². The molecule has 1 N–H and O–H groups in total. The smallest absolute Gasteiger partial charge is 0.154 e. The van der Waals surface area contributed by atoms with Crippen molar-refractivity contribution < 1.29 is 4.42 Å². The molecule has 2 aromatic heterocycles. The summed E-state index contributed by atoms with van der Waals surface area (Å²) < 4.78 is 5.43. The van der Waals surface area contributed by atoms with Crippen LogP contribution in [0.5, 0.6) is 0 Å². The molecule has 0 aromatic carbocycles. The molecule has 2 aliphatic rings. The van der Waals surface area contributed by atoms with Crippen LogP contribution in [-0.4, -0.2) is 30.7 Å². The van der Waals surface area contributed by atoms with Gasteiger partial charge in [-0.05, 0) is 25.3 Å². The van der Waals surface area contributed by atoms with Crippen LogP contribution in [0.3, 0.4) is 0 Å². The van der Waals surface area contributed by atoms with E-state index >= 15 is 0 Å². The Morgan fingerprint density at radius 3 is 3.17 bits per heavy atom. The van der Waals surface area contributed by atoms with Crippen molar-refractivity contribution in [1.29, 1.82) is 0 Å². The second-order valence-electron chi connectivity index (χ2n) is 5.34. The average molecular weight is 243 g/mol. The first-order valence-corrected chi connectivity index (χ1v) is 6.72. The third-order valence-corrected chi connectivity index (χ3v) is 4.34.